The number of likely N-dealkylation sites (N-methyl/N-ethyl adjacent to an activating group) is 1. The van der Waals surface area contributed by atoms with Gasteiger partial charge < -0.3 is 5.32 Å². The van der Waals surface area contributed by atoms with Gasteiger partial charge in [0.2, 0.25) is 10.0 Å². The van der Waals surface area contributed by atoms with E-state index in [1.165, 1.54) is 13.0 Å². The van der Waals surface area contributed by atoms with Crippen LogP contribution in [0.15, 0.2) is 17.0 Å². The van der Waals surface area contributed by atoms with Crippen molar-refractivity contribution in [1.82, 2.24) is 10.0 Å². The Bertz CT molecular complexity index is 524. The second-order valence-corrected chi connectivity index (χ2v) is 5.93. The predicted molar refractivity (Wildman–Crippen MR) is 77.1 cm³/mol. The van der Waals surface area contributed by atoms with Gasteiger partial charge in [0.15, 0.2) is 0 Å². The van der Waals surface area contributed by atoms with Crippen molar-refractivity contribution in [2.45, 2.75) is 18.7 Å². The Morgan fingerprint density at radius 2 is 1.95 bits per heavy atom. The smallest absolute Gasteiger partial charge is 0.242 e. The van der Waals surface area contributed by atoms with Crippen LogP contribution in [0.2, 0.25) is 5.02 Å². The number of nitrogens with one attached hydrogen (secondary N) is 2. The lowest BCUT2D eigenvalue weighted by molar-refractivity contribution is 0.576. The molecule has 0 spiro atoms. The number of hydrogen-bond donors (Lipinski definition) is 2. The first-order valence-electron chi connectivity index (χ1n) is 5.54. The molecule has 110 valence electrons. The van der Waals surface area contributed by atoms with Crippen molar-refractivity contribution >= 4 is 34.0 Å². The van der Waals surface area contributed by atoms with Crippen LogP contribution < -0.4 is 10.0 Å². The monoisotopic (exact) mass is 330 g/mol. The molecule has 0 radical (unpaired) electrons. The minimum absolute atomic E-state index is 0. The molecule has 0 aliphatic carbocycles. The predicted octanol–water partition coefficient (Wildman–Crippen LogP) is 2.10. The van der Waals surface area contributed by atoms with Gasteiger partial charge in [0, 0.05) is 13.1 Å². The first-order valence-corrected chi connectivity index (χ1v) is 7.40. The molecule has 4 nitrogen and oxygen atoms in total. The van der Waals surface area contributed by atoms with Gasteiger partial charge in [0.05, 0.1) is 5.02 Å². The minimum Gasteiger partial charge on any atom is -0.316 e. The van der Waals surface area contributed by atoms with E-state index < -0.39 is 15.8 Å². The van der Waals surface area contributed by atoms with Crippen LogP contribution in [0, 0.1) is 12.7 Å². The fourth-order valence-electron chi connectivity index (χ4n) is 1.36. The van der Waals surface area contributed by atoms with Crippen molar-refractivity contribution in [3.05, 3.63) is 28.5 Å². The largest absolute Gasteiger partial charge is 0.316 e. The first kappa shape index (κ1) is 18.6. The molecule has 1 aromatic rings. The van der Waals surface area contributed by atoms with Crippen molar-refractivity contribution in [3.63, 3.8) is 0 Å². The molecule has 0 saturated carbocycles. The molecular formula is C11H17Cl2FN2O2S. The van der Waals surface area contributed by atoms with Gasteiger partial charge in [-0.3, -0.25) is 0 Å². The zero-order chi connectivity index (χ0) is 13.8. The first-order chi connectivity index (χ1) is 8.38. The Kier molecular flexibility index (Phi) is 7.85. The summed E-state index contributed by atoms with van der Waals surface area (Å²) in [6.45, 7) is 4.95. The van der Waals surface area contributed by atoms with E-state index in [4.69, 9.17) is 11.6 Å². The van der Waals surface area contributed by atoms with E-state index in [-0.39, 0.29) is 34.4 Å². The fraction of sp³-hybridized carbons (Fsp3) is 0.455. The van der Waals surface area contributed by atoms with E-state index in [0.29, 0.717) is 6.54 Å². The maximum absolute atomic E-state index is 13.2. The van der Waals surface area contributed by atoms with E-state index in [1.807, 2.05) is 6.92 Å². The van der Waals surface area contributed by atoms with Gasteiger partial charge in [-0.25, -0.2) is 17.5 Å². The molecule has 0 atom stereocenters. The summed E-state index contributed by atoms with van der Waals surface area (Å²) in [5.74, 6) is -0.522. The Balaban J connectivity index is 0.00000324. The van der Waals surface area contributed by atoms with Crippen LogP contribution in [-0.4, -0.2) is 28.1 Å². The SMILES string of the molecule is CCNCCNS(=O)(=O)c1cc(C)c(F)cc1Cl.Cl. The van der Waals surface area contributed by atoms with Crippen LogP contribution in [0.25, 0.3) is 0 Å². The average Bonchev–Trinajstić information content (AvgIpc) is 2.29. The number of benzene rings is 1. The number of sulfonamides is 1. The van der Waals surface area contributed by atoms with Crippen LogP contribution in [-0.2, 0) is 10.0 Å². The Hall–Kier alpha value is -0.400. The molecule has 19 heavy (non-hydrogen) atoms. The molecule has 0 heterocycles. The third-order valence-electron chi connectivity index (χ3n) is 2.35. The lowest BCUT2D eigenvalue weighted by Gasteiger charge is -2.09. The Labute approximate surface area is 124 Å². The quantitative estimate of drug-likeness (QED) is 0.785. The molecule has 0 amide bonds. The lowest BCUT2D eigenvalue weighted by Crippen LogP contribution is -2.32. The number of halogens is 3. The molecule has 1 aromatic carbocycles. The summed E-state index contributed by atoms with van der Waals surface area (Å²) in [5.41, 5.74) is 0.242. The second-order valence-electron chi connectivity index (χ2n) is 3.78. The summed E-state index contributed by atoms with van der Waals surface area (Å²) in [4.78, 5) is -0.0976. The van der Waals surface area contributed by atoms with Gasteiger partial charge in [-0.1, -0.05) is 18.5 Å². The zero-order valence-corrected chi connectivity index (χ0v) is 13.1. The van der Waals surface area contributed by atoms with E-state index in [9.17, 15) is 12.8 Å². The van der Waals surface area contributed by atoms with Crippen molar-refractivity contribution in [3.8, 4) is 0 Å². The normalized spacial score (nSPS) is 11.2. The fourth-order valence-corrected chi connectivity index (χ4v) is 2.99. The highest BCUT2D eigenvalue weighted by Gasteiger charge is 2.19. The van der Waals surface area contributed by atoms with Crippen LogP contribution in [0.1, 0.15) is 12.5 Å². The molecule has 0 aliphatic heterocycles. The van der Waals surface area contributed by atoms with Gasteiger partial charge in [0.1, 0.15) is 10.7 Å². The summed E-state index contributed by atoms with van der Waals surface area (Å²) in [6.07, 6.45) is 0. The average molecular weight is 331 g/mol. The van der Waals surface area contributed by atoms with Crippen molar-refractivity contribution in [2.24, 2.45) is 0 Å². The highest BCUT2D eigenvalue weighted by molar-refractivity contribution is 7.89. The van der Waals surface area contributed by atoms with Gasteiger partial charge in [0.25, 0.3) is 0 Å². The van der Waals surface area contributed by atoms with E-state index in [1.54, 1.807) is 0 Å². The number of hydrogen-bond acceptors (Lipinski definition) is 3. The highest BCUT2D eigenvalue weighted by atomic mass is 35.5. The molecule has 0 fully saturated rings. The van der Waals surface area contributed by atoms with Crippen molar-refractivity contribution in [2.75, 3.05) is 19.6 Å². The van der Waals surface area contributed by atoms with Crippen LogP contribution in [0.5, 0.6) is 0 Å². The van der Waals surface area contributed by atoms with Gasteiger partial charge in [-0.05, 0) is 31.2 Å². The van der Waals surface area contributed by atoms with Crippen LogP contribution >= 0.6 is 24.0 Å². The summed E-state index contributed by atoms with van der Waals surface area (Å²) in [6, 6.07) is 2.24. The topological polar surface area (TPSA) is 58.2 Å². The third kappa shape index (κ3) is 5.24. The van der Waals surface area contributed by atoms with Gasteiger partial charge in [-0.15, -0.1) is 12.4 Å². The number of aryl methyl sites for hydroxylation is 1. The zero-order valence-electron chi connectivity index (χ0n) is 10.7. The van der Waals surface area contributed by atoms with Crippen molar-refractivity contribution < 1.29 is 12.8 Å². The summed E-state index contributed by atoms with van der Waals surface area (Å²) < 4.78 is 39.5. The van der Waals surface area contributed by atoms with Crippen LogP contribution in [0.3, 0.4) is 0 Å². The molecular weight excluding hydrogens is 314 g/mol. The van der Waals surface area contributed by atoms with Crippen molar-refractivity contribution in [1.29, 1.82) is 0 Å². The molecule has 0 aromatic heterocycles. The Morgan fingerprint density at radius 3 is 2.53 bits per heavy atom. The van der Waals surface area contributed by atoms with Gasteiger partial charge >= 0.3 is 0 Å². The summed E-state index contributed by atoms with van der Waals surface area (Å²) >= 11 is 5.75. The highest BCUT2D eigenvalue weighted by Crippen LogP contribution is 2.24. The van der Waals surface area contributed by atoms with E-state index in [2.05, 4.69) is 10.0 Å². The maximum Gasteiger partial charge on any atom is 0.242 e. The maximum atomic E-state index is 13.2. The molecule has 0 unspecified atom stereocenters. The molecule has 1 rings (SSSR count). The molecule has 0 saturated heterocycles. The molecule has 0 bridgehead atoms. The number of rotatable bonds is 6. The van der Waals surface area contributed by atoms with Gasteiger partial charge in [-0.2, -0.15) is 0 Å². The second kappa shape index (κ2) is 8.01. The summed E-state index contributed by atoms with van der Waals surface area (Å²) in [5, 5.41) is 2.87. The lowest BCUT2D eigenvalue weighted by atomic mass is 10.2. The van der Waals surface area contributed by atoms with E-state index in [0.717, 1.165) is 12.6 Å². The summed E-state index contributed by atoms with van der Waals surface area (Å²) in [7, 11) is -3.70. The Morgan fingerprint density at radius 1 is 1.32 bits per heavy atom. The van der Waals surface area contributed by atoms with E-state index >= 15 is 0 Å². The third-order valence-corrected chi connectivity index (χ3v) is 4.27. The molecule has 0 aliphatic rings. The molecule has 8 heteroatoms. The standard InChI is InChI=1S/C11H16ClFN2O2S.ClH/c1-3-14-4-5-15-18(16,17)11-6-8(2)10(13)7-9(11)12;/h6-7,14-15H,3-5H2,1-2H3;1H. The molecule has 2 N–H and O–H groups in total. The van der Waals surface area contributed by atoms with Crippen LogP contribution in [0.4, 0.5) is 4.39 Å². The minimum atomic E-state index is -3.70.